The highest BCUT2D eigenvalue weighted by Gasteiger charge is 2.49. The fourth-order valence-electron chi connectivity index (χ4n) is 3.53. The van der Waals surface area contributed by atoms with Gasteiger partial charge in [0.25, 0.3) is 0 Å². The van der Waals surface area contributed by atoms with Crippen molar-refractivity contribution in [2.24, 2.45) is 5.92 Å². The quantitative estimate of drug-likeness (QED) is 0.853. The van der Waals surface area contributed by atoms with E-state index in [-0.39, 0.29) is 29.4 Å². The summed E-state index contributed by atoms with van der Waals surface area (Å²) in [5, 5.41) is 2.81. The molecule has 0 spiro atoms. The molecule has 3 rings (SSSR count). The third-order valence-corrected chi connectivity index (χ3v) is 6.44. The fourth-order valence-corrected chi connectivity index (χ4v) is 5.51. The molecule has 7 nitrogen and oxygen atoms in total. The van der Waals surface area contributed by atoms with Crippen LogP contribution in [0.5, 0.6) is 0 Å². The average molecular weight is 365 g/mol. The number of fused-ring (bicyclic) bond motifs is 1. The van der Waals surface area contributed by atoms with Crippen LogP contribution in [0.3, 0.4) is 0 Å². The second-order valence-electron chi connectivity index (χ2n) is 6.89. The monoisotopic (exact) mass is 365 g/mol. The first-order chi connectivity index (χ1) is 11.8. The number of piperazine rings is 1. The van der Waals surface area contributed by atoms with Crippen LogP contribution in [-0.4, -0.2) is 66.8 Å². The van der Waals surface area contributed by atoms with Gasteiger partial charge in [0, 0.05) is 24.7 Å². The molecule has 2 aliphatic heterocycles. The number of amides is 3. The van der Waals surface area contributed by atoms with E-state index in [9.17, 15) is 18.0 Å². The van der Waals surface area contributed by atoms with Gasteiger partial charge >= 0.3 is 6.03 Å². The number of benzene rings is 1. The first kappa shape index (κ1) is 17.7. The van der Waals surface area contributed by atoms with E-state index in [1.165, 1.54) is 0 Å². The molecule has 2 saturated heterocycles. The number of hydrogen-bond acceptors (Lipinski definition) is 4. The summed E-state index contributed by atoms with van der Waals surface area (Å²) in [7, 11) is -3.28. The highest BCUT2D eigenvalue weighted by Crippen LogP contribution is 2.28. The lowest BCUT2D eigenvalue weighted by Crippen LogP contribution is -2.63. The van der Waals surface area contributed by atoms with Gasteiger partial charge in [0.05, 0.1) is 23.6 Å². The van der Waals surface area contributed by atoms with Gasteiger partial charge in [0.1, 0.15) is 0 Å². The van der Waals surface area contributed by atoms with E-state index in [0.717, 1.165) is 0 Å². The Morgan fingerprint density at radius 2 is 1.60 bits per heavy atom. The van der Waals surface area contributed by atoms with Gasteiger partial charge in [-0.25, -0.2) is 13.2 Å². The highest BCUT2D eigenvalue weighted by atomic mass is 32.2. The number of nitrogens with one attached hydrogen (secondary N) is 1. The lowest BCUT2D eigenvalue weighted by molar-refractivity contribution is -0.139. The fraction of sp³-hybridized carbons (Fsp3) is 0.529. The molecule has 0 bridgehead atoms. The van der Waals surface area contributed by atoms with Crippen molar-refractivity contribution in [2.45, 2.75) is 25.9 Å². The number of carbonyl (C=O) groups is 2. The average Bonchev–Trinajstić information content (AvgIpc) is 2.88. The minimum absolute atomic E-state index is 0.0600. The van der Waals surface area contributed by atoms with E-state index in [0.29, 0.717) is 18.8 Å². The van der Waals surface area contributed by atoms with Gasteiger partial charge in [-0.05, 0) is 12.1 Å². The van der Waals surface area contributed by atoms with Gasteiger partial charge in [0.2, 0.25) is 5.91 Å². The Bertz CT molecular complexity index is 763. The number of anilines is 1. The van der Waals surface area contributed by atoms with Crippen LogP contribution in [0.25, 0.3) is 0 Å². The molecule has 0 radical (unpaired) electrons. The molecule has 0 aliphatic carbocycles. The maximum Gasteiger partial charge on any atom is 0.322 e. The molecule has 25 heavy (non-hydrogen) atoms. The third kappa shape index (κ3) is 3.63. The van der Waals surface area contributed by atoms with Crippen molar-refractivity contribution in [1.82, 2.24) is 9.80 Å². The van der Waals surface area contributed by atoms with E-state index >= 15 is 0 Å². The largest absolute Gasteiger partial charge is 0.335 e. The number of carbonyl (C=O) groups excluding carboxylic acids is 2. The van der Waals surface area contributed by atoms with Crippen molar-refractivity contribution in [2.75, 3.05) is 29.9 Å². The molecule has 8 heteroatoms. The lowest BCUT2D eigenvalue weighted by atomic mass is 10.0. The lowest BCUT2D eigenvalue weighted by Gasteiger charge is -2.44. The summed E-state index contributed by atoms with van der Waals surface area (Å²) in [4.78, 5) is 28.3. The summed E-state index contributed by atoms with van der Waals surface area (Å²) in [6, 6.07) is 7.76. The van der Waals surface area contributed by atoms with Gasteiger partial charge in [-0.1, -0.05) is 32.0 Å². The summed E-state index contributed by atoms with van der Waals surface area (Å²) < 4.78 is 24.3. The molecular weight excluding hydrogens is 342 g/mol. The Morgan fingerprint density at radius 1 is 1.04 bits per heavy atom. The topological polar surface area (TPSA) is 86.8 Å². The number of hydrogen-bond donors (Lipinski definition) is 1. The molecular formula is C17H23N3O4S. The van der Waals surface area contributed by atoms with Crippen LogP contribution in [0, 0.1) is 5.92 Å². The molecule has 3 amide bonds. The van der Waals surface area contributed by atoms with Gasteiger partial charge in [-0.15, -0.1) is 0 Å². The number of rotatable bonds is 2. The van der Waals surface area contributed by atoms with Crippen LogP contribution in [0.4, 0.5) is 10.5 Å². The Labute approximate surface area is 147 Å². The van der Waals surface area contributed by atoms with Crippen LogP contribution in [0.15, 0.2) is 30.3 Å². The molecule has 0 unspecified atom stereocenters. The van der Waals surface area contributed by atoms with Crippen LogP contribution in [-0.2, 0) is 14.6 Å². The van der Waals surface area contributed by atoms with E-state index in [1.807, 2.05) is 18.2 Å². The predicted molar refractivity (Wildman–Crippen MR) is 94.9 cm³/mol. The molecule has 2 atom stereocenters. The zero-order chi connectivity index (χ0) is 18.2. The van der Waals surface area contributed by atoms with Crippen LogP contribution >= 0.6 is 0 Å². The van der Waals surface area contributed by atoms with E-state index in [4.69, 9.17) is 0 Å². The van der Waals surface area contributed by atoms with E-state index < -0.39 is 21.9 Å². The summed E-state index contributed by atoms with van der Waals surface area (Å²) in [5.41, 5.74) is 0.658. The minimum Gasteiger partial charge on any atom is -0.335 e. The normalized spacial score (nSPS) is 24.9. The summed E-state index contributed by atoms with van der Waals surface area (Å²) in [6.07, 6.45) is 0. The number of nitrogens with zero attached hydrogens (tertiary/aromatic N) is 2. The van der Waals surface area contributed by atoms with Gasteiger partial charge in [-0.3, -0.25) is 4.79 Å². The van der Waals surface area contributed by atoms with Crippen LogP contribution in [0.1, 0.15) is 13.8 Å². The number of para-hydroxylation sites is 1. The first-order valence-electron chi connectivity index (χ1n) is 8.42. The molecule has 1 aromatic carbocycles. The van der Waals surface area contributed by atoms with Gasteiger partial charge < -0.3 is 15.1 Å². The van der Waals surface area contributed by atoms with Crippen molar-refractivity contribution in [3.63, 3.8) is 0 Å². The predicted octanol–water partition coefficient (Wildman–Crippen LogP) is 1.18. The Morgan fingerprint density at radius 3 is 2.20 bits per heavy atom. The van der Waals surface area contributed by atoms with E-state index in [2.05, 4.69) is 5.32 Å². The second-order valence-corrected chi connectivity index (χ2v) is 9.04. The zero-order valence-electron chi connectivity index (χ0n) is 14.4. The maximum absolute atomic E-state index is 12.6. The summed E-state index contributed by atoms with van der Waals surface area (Å²) in [6.45, 7) is 4.29. The molecule has 0 saturated carbocycles. The number of sulfone groups is 1. The van der Waals surface area contributed by atoms with Crippen molar-refractivity contribution >= 4 is 27.5 Å². The van der Waals surface area contributed by atoms with Crippen LogP contribution < -0.4 is 5.32 Å². The Kier molecular flexibility index (Phi) is 4.73. The zero-order valence-corrected chi connectivity index (χ0v) is 15.2. The maximum atomic E-state index is 12.6. The van der Waals surface area contributed by atoms with Crippen molar-refractivity contribution in [3.8, 4) is 0 Å². The smallest absolute Gasteiger partial charge is 0.322 e. The molecule has 0 aromatic heterocycles. The highest BCUT2D eigenvalue weighted by molar-refractivity contribution is 7.91. The van der Waals surface area contributed by atoms with Crippen molar-refractivity contribution in [3.05, 3.63) is 30.3 Å². The number of urea groups is 1. The Balaban J connectivity index is 1.81. The van der Waals surface area contributed by atoms with Crippen molar-refractivity contribution in [1.29, 1.82) is 0 Å². The summed E-state index contributed by atoms with van der Waals surface area (Å²) >= 11 is 0. The van der Waals surface area contributed by atoms with Crippen molar-refractivity contribution < 1.29 is 18.0 Å². The Hall–Kier alpha value is -2.09. The standard InChI is InChI=1S/C17H23N3O4S/c1-12(2)16(21)19-8-9-20(15-11-25(23,24)10-14(15)19)17(22)18-13-6-4-3-5-7-13/h3-7,12,14-15H,8-11H2,1-2H3,(H,18,22)/t14-,15+/m0/s1. The van der Waals surface area contributed by atoms with Crippen LogP contribution in [0.2, 0.25) is 0 Å². The summed E-state index contributed by atoms with van der Waals surface area (Å²) in [5.74, 6) is -0.434. The molecule has 2 heterocycles. The van der Waals surface area contributed by atoms with Gasteiger partial charge in [0.15, 0.2) is 9.84 Å². The molecule has 136 valence electrons. The SMILES string of the molecule is CC(C)C(=O)N1CCN(C(=O)Nc2ccccc2)[C@@H]2CS(=O)(=O)C[C@@H]21. The first-order valence-corrected chi connectivity index (χ1v) is 10.2. The third-order valence-electron chi connectivity index (χ3n) is 4.74. The van der Waals surface area contributed by atoms with Gasteiger partial charge in [-0.2, -0.15) is 0 Å². The molecule has 1 N–H and O–H groups in total. The molecule has 2 fully saturated rings. The molecule has 2 aliphatic rings. The second kappa shape index (κ2) is 6.67. The molecule has 1 aromatic rings. The van der Waals surface area contributed by atoms with E-state index in [1.54, 1.807) is 35.8 Å². The minimum atomic E-state index is -3.28.